The minimum absolute atomic E-state index is 0.835. The number of rotatable bonds is 7. The molecule has 0 fully saturated rings. The van der Waals surface area contributed by atoms with Crippen molar-refractivity contribution in [3.8, 4) is 11.5 Å². The molecule has 0 heterocycles. The van der Waals surface area contributed by atoms with Crippen LogP contribution in [0, 0.1) is 0 Å². The summed E-state index contributed by atoms with van der Waals surface area (Å²) < 4.78 is 10.5. The van der Waals surface area contributed by atoms with Crippen molar-refractivity contribution in [3.63, 3.8) is 0 Å². The minimum atomic E-state index is 0.835. The maximum Gasteiger partial charge on any atom is 0.119 e. The van der Waals surface area contributed by atoms with Crippen LogP contribution in [0.25, 0.3) is 6.08 Å². The van der Waals surface area contributed by atoms with Gasteiger partial charge in [0.15, 0.2) is 0 Å². The van der Waals surface area contributed by atoms with Gasteiger partial charge in [-0.25, -0.2) is 0 Å². The molecule has 0 atom stereocenters. The van der Waals surface area contributed by atoms with Crippen molar-refractivity contribution in [1.82, 2.24) is 0 Å². The molecular weight excluding hydrogens is 334 g/mol. The Morgan fingerprint density at radius 1 is 0.630 bits per heavy atom. The Bertz CT molecular complexity index is 834. The van der Waals surface area contributed by atoms with E-state index < -0.39 is 0 Å². The molecule has 3 rings (SSSR count). The molecule has 0 saturated heterocycles. The van der Waals surface area contributed by atoms with Crippen molar-refractivity contribution in [2.75, 3.05) is 19.1 Å². The standard InChI is InChI=1S/C24H23NO2/c1-26-23-15-11-21(12-16-23)25(22-13-17-24(27-2)18-14-22)19-7-6-10-20-8-4-3-5-9-20/h3-19H,1-2H3. The molecule has 0 unspecified atom stereocenters. The SMILES string of the molecule is COc1ccc(N(C=CC=Cc2ccccc2)c2ccc(OC)cc2)cc1. The summed E-state index contributed by atoms with van der Waals surface area (Å²) in [7, 11) is 3.34. The molecule has 3 nitrogen and oxygen atoms in total. The Morgan fingerprint density at radius 3 is 1.63 bits per heavy atom. The van der Waals surface area contributed by atoms with Gasteiger partial charge in [0.2, 0.25) is 0 Å². The van der Waals surface area contributed by atoms with Gasteiger partial charge < -0.3 is 14.4 Å². The van der Waals surface area contributed by atoms with E-state index in [0.717, 1.165) is 22.9 Å². The van der Waals surface area contributed by atoms with E-state index in [9.17, 15) is 0 Å². The van der Waals surface area contributed by atoms with Gasteiger partial charge in [-0.3, -0.25) is 0 Å². The van der Waals surface area contributed by atoms with E-state index in [2.05, 4.69) is 23.1 Å². The molecule has 27 heavy (non-hydrogen) atoms. The third kappa shape index (κ3) is 5.02. The van der Waals surface area contributed by atoms with Crippen LogP contribution in [0.4, 0.5) is 11.4 Å². The van der Waals surface area contributed by atoms with E-state index in [0.29, 0.717) is 0 Å². The van der Waals surface area contributed by atoms with E-state index in [1.54, 1.807) is 14.2 Å². The summed E-state index contributed by atoms with van der Waals surface area (Å²) in [5.74, 6) is 1.67. The van der Waals surface area contributed by atoms with Crippen LogP contribution >= 0.6 is 0 Å². The van der Waals surface area contributed by atoms with Crippen LogP contribution in [0.15, 0.2) is 97.2 Å². The Morgan fingerprint density at radius 2 is 1.15 bits per heavy atom. The molecule has 0 amide bonds. The molecule has 0 aliphatic rings. The number of hydrogen-bond acceptors (Lipinski definition) is 3. The van der Waals surface area contributed by atoms with Gasteiger partial charge in [0, 0.05) is 17.6 Å². The van der Waals surface area contributed by atoms with Gasteiger partial charge >= 0.3 is 0 Å². The summed E-state index contributed by atoms with van der Waals surface area (Å²) in [6.45, 7) is 0. The number of allylic oxidation sites excluding steroid dienone is 2. The van der Waals surface area contributed by atoms with Gasteiger partial charge in [0.1, 0.15) is 11.5 Å². The summed E-state index contributed by atoms with van der Waals surface area (Å²) in [5.41, 5.74) is 3.26. The largest absolute Gasteiger partial charge is 0.497 e. The van der Waals surface area contributed by atoms with E-state index in [4.69, 9.17) is 9.47 Å². The molecule has 0 aliphatic carbocycles. The first-order valence-electron chi connectivity index (χ1n) is 8.77. The lowest BCUT2D eigenvalue weighted by Crippen LogP contribution is -2.08. The fraction of sp³-hybridized carbons (Fsp3) is 0.0833. The maximum absolute atomic E-state index is 5.27. The number of ether oxygens (including phenoxy) is 2. The van der Waals surface area contributed by atoms with Crippen LogP contribution in [0.3, 0.4) is 0 Å². The van der Waals surface area contributed by atoms with Crippen molar-refractivity contribution < 1.29 is 9.47 Å². The molecule has 0 bridgehead atoms. The third-order valence-corrected chi connectivity index (χ3v) is 4.14. The second-order valence-electron chi connectivity index (χ2n) is 5.88. The zero-order valence-electron chi connectivity index (χ0n) is 15.6. The van der Waals surface area contributed by atoms with Crippen LogP contribution in [0.1, 0.15) is 5.56 Å². The average molecular weight is 357 g/mol. The summed E-state index contributed by atoms with van der Waals surface area (Å²) in [6, 6.07) is 26.2. The first kappa shape index (κ1) is 18.3. The van der Waals surface area contributed by atoms with Gasteiger partial charge in [-0.2, -0.15) is 0 Å². The number of hydrogen-bond donors (Lipinski definition) is 0. The molecule has 0 aliphatic heterocycles. The van der Waals surface area contributed by atoms with E-state index in [-0.39, 0.29) is 0 Å². The topological polar surface area (TPSA) is 21.7 Å². The van der Waals surface area contributed by atoms with Crippen LogP contribution in [0.2, 0.25) is 0 Å². The second kappa shape index (κ2) is 9.30. The number of benzene rings is 3. The van der Waals surface area contributed by atoms with Crippen molar-refractivity contribution in [3.05, 3.63) is 103 Å². The van der Waals surface area contributed by atoms with Gasteiger partial charge in [-0.1, -0.05) is 42.5 Å². The Labute approximate surface area is 160 Å². The highest BCUT2D eigenvalue weighted by Gasteiger charge is 2.06. The summed E-state index contributed by atoms with van der Waals surface area (Å²) >= 11 is 0. The highest BCUT2D eigenvalue weighted by atomic mass is 16.5. The summed E-state index contributed by atoms with van der Waals surface area (Å²) in [5, 5.41) is 0. The highest BCUT2D eigenvalue weighted by molar-refractivity contribution is 5.67. The van der Waals surface area contributed by atoms with Crippen molar-refractivity contribution in [2.45, 2.75) is 0 Å². The van der Waals surface area contributed by atoms with Crippen LogP contribution in [0.5, 0.6) is 11.5 Å². The Kier molecular flexibility index (Phi) is 6.31. The summed E-state index contributed by atoms with van der Waals surface area (Å²) in [4.78, 5) is 2.12. The zero-order chi connectivity index (χ0) is 18.9. The van der Waals surface area contributed by atoms with Gasteiger partial charge in [0.25, 0.3) is 0 Å². The molecule has 3 heteroatoms. The number of anilines is 2. The van der Waals surface area contributed by atoms with E-state index in [1.807, 2.05) is 85.1 Å². The van der Waals surface area contributed by atoms with Gasteiger partial charge in [-0.15, -0.1) is 0 Å². The molecule has 0 N–H and O–H groups in total. The van der Waals surface area contributed by atoms with Gasteiger partial charge in [-0.05, 0) is 60.2 Å². The van der Waals surface area contributed by atoms with E-state index >= 15 is 0 Å². The predicted molar refractivity (Wildman–Crippen MR) is 113 cm³/mol. The first-order valence-corrected chi connectivity index (χ1v) is 8.77. The predicted octanol–water partition coefficient (Wildman–Crippen LogP) is 6.07. The normalized spacial score (nSPS) is 11.0. The molecule has 0 aromatic heterocycles. The second-order valence-corrected chi connectivity index (χ2v) is 5.88. The highest BCUT2D eigenvalue weighted by Crippen LogP contribution is 2.29. The fourth-order valence-corrected chi connectivity index (χ4v) is 2.67. The van der Waals surface area contributed by atoms with Gasteiger partial charge in [0.05, 0.1) is 14.2 Å². The Balaban J connectivity index is 1.86. The van der Waals surface area contributed by atoms with E-state index in [1.165, 1.54) is 5.56 Å². The zero-order valence-corrected chi connectivity index (χ0v) is 15.6. The lowest BCUT2D eigenvalue weighted by Gasteiger charge is -2.21. The third-order valence-electron chi connectivity index (χ3n) is 4.14. The molecule has 136 valence electrons. The molecule has 0 saturated carbocycles. The lowest BCUT2D eigenvalue weighted by molar-refractivity contribution is 0.415. The van der Waals surface area contributed by atoms with Crippen LogP contribution < -0.4 is 14.4 Å². The van der Waals surface area contributed by atoms with Crippen molar-refractivity contribution in [2.24, 2.45) is 0 Å². The maximum atomic E-state index is 5.27. The Hall–Kier alpha value is -3.46. The molecule has 3 aromatic rings. The van der Waals surface area contributed by atoms with Crippen molar-refractivity contribution in [1.29, 1.82) is 0 Å². The molecule has 0 spiro atoms. The quantitative estimate of drug-likeness (QED) is 0.479. The minimum Gasteiger partial charge on any atom is -0.497 e. The van der Waals surface area contributed by atoms with Crippen molar-refractivity contribution >= 4 is 17.5 Å². The lowest BCUT2D eigenvalue weighted by atomic mass is 10.2. The monoisotopic (exact) mass is 357 g/mol. The van der Waals surface area contributed by atoms with Crippen LogP contribution in [-0.4, -0.2) is 14.2 Å². The molecular formula is C24H23NO2. The first-order chi connectivity index (χ1) is 13.3. The summed E-state index contributed by atoms with van der Waals surface area (Å²) in [6.07, 6.45) is 8.19. The number of methoxy groups -OCH3 is 2. The molecule has 0 radical (unpaired) electrons. The smallest absolute Gasteiger partial charge is 0.119 e. The fourth-order valence-electron chi connectivity index (χ4n) is 2.67. The number of nitrogens with zero attached hydrogens (tertiary/aromatic N) is 1. The average Bonchev–Trinajstić information content (AvgIpc) is 2.75. The van der Waals surface area contributed by atoms with Crippen LogP contribution in [-0.2, 0) is 0 Å². The molecule has 3 aromatic carbocycles.